The molecule has 0 saturated carbocycles. The Morgan fingerprint density at radius 1 is 0.974 bits per heavy atom. The molecule has 0 bridgehead atoms. The van der Waals surface area contributed by atoms with Gasteiger partial charge in [0.1, 0.15) is 32.1 Å². The van der Waals surface area contributed by atoms with Gasteiger partial charge in [-0.05, 0) is 24.3 Å². The van der Waals surface area contributed by atoms with E-state index in [2.05, 4.69) is 35.5 Å². The maximum atomic E-state index is 11.7. The van der Waals surface area contributed by atoms with Crippen LogP contribution in [0.5, 0.6) is 0 Å². The molecule has 14 heteroatoms. The van der Waals surface area contributed by atoms with Crippen molar-refractivity contribution in [1.29, 1.82) is 0 Å². The van der Waals surface area contributed by atoms with E-state index in [0.717, 1.165) is 5.69 Å². The second-order valence-electron chi connectivity index (χ2n) is 7.74. The van der Waals surface area contributed by atoms with E-state index in [1.165, 1.54) is 29.6 Å². The topological polar surface area (TPSA) is 165 Å². The fourth-order valence-electron chi connectivity index (χ4n) is 3.56. The summed E-state index contributed by atoms with van der Waals surface area (Å²) in [6.07, 6.45) is 6.51. The Morgan fingerprint density at radius 3 is 2.55 bits per heavy atom. The summed E-state index contributed by atoms with van der Waals surface area (Å²) in [4.78, 5) is 50.9. The molecule has 6 rings (SSSR count). The number of anilines is 1. The van der Waals surface area contributed by atoms with Crippen molar-refractivity contribution in [2.24, 2.45) is 0 Å². The maximum Gasteiger partial charge on any atom is 0.434 e. The summed E-state index contributed by atoms with van der Waals surface area (Å²) in [5.74, 6) is -0.170. The molecule has 0 unspecified atom stereocenters. The Balaban J connectivity index is 1.52. The predicted octanol–water partition coefficient (Wildman–Crippen LogP) is 4.15. The van der Waals surface area contributed by atoms with Gasteiger partial charge in [-0.2, -0.15) is 0 Å². The van der Waals surface area contributed by atoms with Crippen LogP contribution in [-0.2, 0) is 4.79 Å². The molecule has 0 atom stereocenters. The molecular weight excluding hydrogens is 526 g/mol. The lowest BCUT2D eigenvalue weighted by molar-refractivity contribution is -0.114. The van der Waals surface area contributed by atoms with E-state index in [1.807, 2.05) is 23.6 Å². The molecular formula is C24H15N9O3S2. The standard InChI is InChI=1S/C24H15N9O3S2/c1-12(34)29-17-9-13(22-30-16(11-37-22)15-5-2-3-6-25-15)14(10-28-17)23-31-18(20-26-7-4-8-27-20)19(38-23)21-32-33-24(35)36-21/h2-11H,1H3,(H,33,35)(H,28,29,34). The lowest BCUT2D eigenvalue weighted by Gasteiger charge is -2.08. The molecule has 12 nitrogen and oxygen atoms in total. The molecule has 38 heavy (non-hydrogen) atoms. The van der Waals surface area contributed by atoms with Gasteiger partial charge >= 0.3 is 5.76 Å². The molecule has 6 heterocycles. The summed E-state index contributed by atoms with van der Waals surface area (Å²) in [5.41, 5.74) is 3.19. The van der Waals surface area contributed by atoms with Gasteiger partial charge in [-0.25, -0.2) is 34.8 Å². The highest BCUT2D eigenvalue weighted by atomic mass is 32.1. The molecule has 186 valence electrons. The number of nitrogens with one attached hydrogen (secondary N) is 2. The minimum atomic E-state index is -0.693. The molecule has 1 amide bonds. The third-order valence-electron chi connectivity index (χ3n) is 5.14. The highest BCUT2D eigenvalue weighted by Gasteiger charge is 2.24. The summed E-state index contributed by atoms with van der Waals surface area (Å²) in [7, 11) is 0. The van der Waals surface area contributed by atoms with Crippen LogP contribution in [0.3, 0.4) is 0 Å². The lowest BCUT2D eigenvalue weighted by Crippen LogP contribution is -2.07. The number of amides is 1. The Hall–Kier alpha value is -4.95. The third kappa shape index (κ3) is 4.60. The van der Waals surface area contributed by atoms with E-state index in [9.17, 15) is 9.59 Å². The van der Waals surface area contributed by atoms with Gasteiger partial charge in [0.25, 0.3) is 5.89 Å². The predicted molar refractivity (Wildman–Crippen MR) is 141 cm³/mol. The van der Waals surface area contributed by atoms with Crippen LogP contribution in [0.2, 0.25) is 0 Å². The normalized spacial score (nSPS) is 11.0. The van der Waals surface area contributed by atoms with Crippen molar-refractivity contribution in [1.82, 2.24) is 40.1 Å². The molecule has 0 aromatic carbocycles. The van der Waals surface area contributed by atoms with Crippen LogP contribution in [0.4, 0.5) is 5.82 Å². The molecule has 0 aliphatic rings. The number of aromatic amines is 1. The first-order chi connectivity index (χ1) is 18.5. The Kier molecular flexibility index (Phi) is 6.07. The van der Waals surface area contributed by atoms with E-state index in [-0.39, 0.29) is 11.8 Å². The minimum absolute atomic E-state index is 0.0669. The van der Waals surface area contributed by atoms with Gasteiger partial charge in [0, 0.05) is 48.2 Å². The van der Waals surface area contributed by atoms with Gasteiger partial charge in [-0.1, -0.05) is 6.07 Å². The number of carbonyl (C=O) groups is 1. The second kappa shape index (κ2) is 9.84. The number of H-pyrrole nitrogens is 1. The molecule has 0 saturated heterocycles. The van der Waals surface area contributed by atoms with Gasteiger partial charge in [0.05, 0.1) is 5.69 Å². The summed E-state index contributed by atoms with van der Waals surface area (Å²) in [6, 6.07) is 9.05. The zero-order valence-corrected chi connectivity index (χ0v) is 21.1. The summed E-state index contributed by atoms with van der Waals surface area (Å²) < 4.78 is 5.22. The van der Waals surface area contributed by atoms with Crippen LogP contribution in [0.25, 0.3) is 54.8 Å². The van der Waals surface area contributed by atoms with Crippen molar-refractivity contribution in [2.45, 2.75) is 6.92 Å². The van der Waals surface area contributed by atoms with E-state index in [4.69, 9.17) is 14.4 Å². The third-order valence-corrected chi connectivity index (χ3v) is 7.09. The van der Waals surface area contributed by atoms with Crippen molar-refractivity contribution in [2.75, 3.05) is 5.32 Å². The Bertz CT molecular complexity index is 1810. The zero-order valence-electron chi connectivity index (χ0n) is 19.4. The number of rotatable bonds is 6. The number of aromatic nitrogens is 8. The monoisotopic (exact) mass is 541 g/mol. The number of carbonyl (C=O) groups excluding carboxylic acids is 1. The van der Waals surface area contributed by atoms with Gasteiger partial charge in [0.15, 0.2) is 5.82 Å². The molecule has 0 fully saturated rings. The van der Waals surface area contributed by atoms with Gasteiger partial charge in [-0.3, -0.25) is 9.78 Å². The van der Waals surface area contributed by atoms with E-state index < -0.39 is 5.76 Å². The molecule has 0 radical (unpaired) electrons. The quantitative estimate of drug-likeness (QED) is 0.313. The van der Waals surface area contributed by atoms with Crippen molar-refractivity contribution < 1.29 is 9.21 Å². The molecule has 0 spiro atoms. The van der Waals surface area contributed by atoms with Crippen molar-refractivity contribution in [3.05, 3.63) is 71.0 Å². The molecule has 0 aliphatic heterocycles. The number of thiazole rings is 2. The molecule has 6 aromatic rings. The summed E-state index contributed by atoms with van der Waals surface area (Å²) in [6.45, 7) is 1.41. The number of hydrogen-bond donors (Lipinski definition) is 2. The Morgan fingerprint density at radius 2 is 1.82 bits per heavy atom. The average molecular weight is 542 g/mol. The first kappa shape index (κ1) is 23.4. The highest BCUT2D eigenvalue weighted by Crippen LogP contribution is 2.42. The lowest BCUT2D eigenvalue weighted by atomic mass is 10.1. The first-order valence-corrected chi connectivity index (χ1v) is 12.7. The number of hydrogen-bond acceptors (Lipinski definition) is 12. The largest absolute Gasteiger partial charge is 0.434 e. The highest BCUT2D eigenvalue weighted by molar-refractivity contribution is 7.19. The second-order valence-corrected chi connectivity index (χ2v) is 9.59. The first-order valence-electron chi connectivity index (χ1n) is 11.0. The van der Waals surface area contributed by atoms with Crippen LogP contribution in [0.15, 0.2) is 69.7 Å². The van der Waals surface area contributed by atoms with Gasteiger partial charge in [-0.15, -0.1) is 27.8 Å². The van der Waals surface area contributed by atoms with Crippen molar-refractivity contribution >= 4 is 34.4 Å². The van der Waals surface area contributed by atoms with Gasteiger partial charge in [0.2, 0.25) is 5.91 Å². The zero-order chi connectivity index (χ0) is 26.1. The Labute approximate surface area is 221 Å². The summed E-state index contributed by atoms with van der Waals surface area (Å²) >= 11 is 2.66. The van der Waals surface area contributed by atoms with Crippen LogP contribution < -0.4 is 11.1 Å². The molecule has 0 aliphatic carbocycles. The maximum absolute atomic E-state index is 11.7. The molecule has 2 N–H and O–H groups in total. The van der Waals surface area contributed by atoms with Crippen LogP contribution in [0.1, 0.15) is 6.92 Å². The van der Waals surface area contributed by atoms with Crippen LogP contribution in [-0.4, -0.2) is 46.0 Å². The SMILES string of the molecule is CC(=O)Nc1cc(-c2nc(-c3ccccn3)cs2)c(-c2nc(-c3ncccn3)c(-c3n[nH]c(=O)o3)s2)cn1. The fourth-order valence-corrected chi connectivity index (χ4v) is 5.42. The minimum Gasteiger partial charge on any atom is -0.387 e. The van der Waals surface area contributed by atoms with E-state index in [1.54, 1.807) is 36.9 Å². The van der Waals surface area contributed by atoms with Gasteiger partial charge < -0.3 is 9.73 Å². The summed E-state index contributed by atoms with van der Waals surface area (Å²) in [5, 5.41) is 12.1. The molecule has 6 aromatic heterocycles. The van der Waals surface area contributed by atoms with Crippen LogP contribution >= 0.6 is 22.7 Å². The van der Waals surface area contributed by atoms with E-state index >= 15 is 0 Å². The smallest absolute Gasteiger partial charge is 0.387 e. The number of nitrogens with zero attached hydrogens (tertiary/aromatic N) is 7. The van der Waals surface area contributed by atoms with Crippen molar-refractivity contribution in [3.63, 3.8) is 0 Å². The number of pyridine rings is 2. The van der Waals surface area contributed by atoms with Crippen molar-refractivity contribution in [3.8, 4) is 54.8 Å². The van der Waals surface area contributed by atoms with Crippen LogP contribution in [0, 0.1) is 0 Å². The fraction of sp³-hybridized carbons (Fsp3) is 0.0417. The van der Waals surface area contributed by atoms with E-state index in [0.29, 0.717) is 49.0 Å². The average Bonchev–Trinajstić information content (AvgIpc) is 3.69.